The molecule has 0 aliphatic rings. The Kier molecular flexibility index (Phi) is 23.3. The van der Waals surface area contributed by atoms with E-state index >= 15 is 0 Å². The van der Waals surface area contributed by atoms with Gasteiger partial charge in [0.05, 0.1) is 18.0 Å². The van der Waals surface area contributed by atoms with Crippen molar-refractivity contribution in [3.63, 3.8) is 0 Å². The molecule has 0 saturated heterocycles. The van der Waals surface area contributed by atoms with E-state index in [-0.39, 0.29) is 13.2 Å². The van der Waals surface area contributed by atoms with E-state index in [0.717, 1.165) is 33.7 Å². The van der Waals surface area contributed by atoms with Crippen molar-refractivity contribution in [3.05, 3.63) is 69.8 Å². The molecule has 0 aromatic heterocycles. The molecule has 3 rings (SSSR count). The highest BCUT2D eigenvalue weighted by Crippen LogP contribution is 2.29. The molecule has 0 atom stereocenters. The molecular weight excluding hydrogens is 552 g/mol. The zero-order valence-corrected chi connectivity index (χ0v) is 27.5. The molecule has 3 aromatic rings. The van der Waals surface area contributed by atoms with E-state index in [2.05, 4.69) is 70.1 Å². The molecule has 0 heterocycles. The minimum absolute atomic E-state index is 0. The van der Waals surface area contributed by atoms with E-state index in [9.17, 15) is 10.2 Å². The van der Waals surface area contributed by atoms with Crippen LogP contribution >= 0.6 is 35.7 Å². The number of hydrogen-bond donors (Lipinski definition) is 2. The zero-order valence-electron chi connectivity index (χ0n) is 27.1. The number of aliphatic imine (C=N–C) groups is 1. The average molecular weight is 602 g/mol. The number of isothiocyanates is 1. The summed E-state index contributed by atoms with van der Waals surface area (Å²) in [5, 5.41) is 20.9. The van der Waals surface area contributed by atoms with E-state index in [0.29, 0.717) is 5.75 Å². The van der Waals surface area contributed by atoms with Gasteiger partial charge in [-0.2, -0.15) is 4.99 Å². The van der Waals surface area contributed by atoms with Crippen LogP contribution in [0.5, 0.6) is 17.2 Å². The van der Waals surface area contributed by atoms with E-state index < -0.39 is 0 Å². The summed E-state index contributed by atoms with van der Waals surface area (Å²) in [6.45, 7) is 15.8. The van der Waals surface area contributed by atoms with Crippen molar-refractivity contribution in [2.24, 2.45) is 4.99 Å². The van der Waals surface area contributed by atoms with Gasteiger partial charge in [-0.3, -0.25) is 0 Å². The summed E-state index contributed by atoms with van der Waals surface area (Å²) in [6.07, 6.45) is 4.13. The Morgan fingerprint density at radius 2 is 1.15 bits per heavy atom. The zero-order chi connectivity index (χ0) is 32.7. The number of thiocarbonyl (C=S) groups is 1. The Bertz CT molecular complexity index is 1200. The number of phenolic OH excluding ortho intramolecular Hbond substituents is 2. The lowest BCUT2D eigenvalue weighted by Gasteiger charge is -2.08. The monoisotopic (exact) mass is 601 g/mol. The van der Waals surface area contributed by atoms with Crippen molar-refractivity contribution in [3.8, 4) is 17.2 Å². The predicted octanol–water partition coefficient (Wildman–Crippen LogP) is 9.65. The molecule has 0 saturated carbocycles. The van der Waals surface area contributed by atoms with Crippen LogP contribution < -0.4 is 4.74 Å². The second-order valence-corrected chi connectivity index (χ2v) is 9.91. The quantitative estimate of drug-likeness (QED) is 0.134. The summed E-state index contributed by atoms with van der Waals surface area (Å²) >= 11 is 7.97. The topological polar surface area (TPSA) is 62.0 Å². The molecule has 218 valence electrons. The first-order valence-corrected chi connectivity index (χ1v) is 15.1. The van der Waals surface area contributed by atoms with E-state index in [1.165, 1.54) is 20.9 Å². The number of nitrogens with zero attached hydrogens (tertiary/aromatic N) is 1. The summed E-state index contributed by atoms with van der Waals surface area (Å²) < 4.78 is 15.2. The average Bonchev–Trinajstić information content (AvgIpc) is 2.98. The van der Waals surface area contributed by atoms with Gasteiger partial charge in [0, 0.05) is 28.2 Å². The lowest BCUT2D eigenvalue weighted by Crippen LogP contribution is -1.89. The molecule has 4 radical (unpaired) electrons. The highest BCUT2D eigenvalue weighted by atomic mass is 32.2. The first-order valence-electron chi connectivity index (χ1n) is 13.2. The number of ether oxygens (including phenoxy) is 1. The van der Waals surface area contributed by atoms with Crippen LogP contribution in [0.25, 0.3) is 0 Å². The molecule has 40 heavy (non-hydrogen) atoms. The third-order valence-electron chi connectivity index (χ3n) is 5.31. The lowest BCUT2D eigenvalue weighted by atomic mass is 9.81. The normalized spacial score (nSPS) is 8.97. The van der Waals surface area contributed by atoms with Crippen molar-refractivity contribution in [1.29, 1.82) is 0 Å². The molecular formula is C31H47B2NO3S3. The fourth-order valence-corrected chi connectivity index (χ4v) is 4.60. The van der Waals surface area contributed by atoms with E-state index in [1.54, 1.807) is 48.8 Å². The van der Waals surface area contributed by atoms with Crippen LogP contribution in [-0.2, 0) is 0 Å². The molecule has 2 N–H and O–H groups in total. The second kappa shape index (κ2) is 23.4. The molecule has 0 aliphatic heterocycles. The first-order chi connectivity index (χ1) is 19.5. The predicted molar refractivity (Wildman–Crippen MR) is 188 cm³/mol. The van der Waals surface area contributed by atoms with Gasteiger partial charge in [-0.1, -0.05) is 21.3 Å². The van der Waals surface area contributed by atoms with Gasteiger partial charge < -0.3 is 14.9 Å². The summed E-state index contributed by atoms with van der Waals surface area (Å²) in [5.74, 6) is 1.65. The maximum absolute atomic E-state index is 9.31. The molecule has 4 nitrogen and oxygen atoms in total. The molecule has 0 spiro atoms. The molecule has 3 aromatic carbocycles. The van der Waals surface area contributed by atoms with Crippen molar-refractivity contribution < 1.29 is 17.9 Å². The van der Waals surface area contributed by atoms with Crippen molar-refractivity contribution in [2.45, 2.75) is 72.6 Å². The van der Waals surface area contributed by atoms with Crippen LogP contribution in [0.1, 0.15) is 57.6 Å². The Morgan fingerprint density at radius 3 is 1.57 bits per heavy atom. The van der Waals surface area contributed by atoms with E-state index in [1.807, 2.05) is 53.9 Å². The van der Waals surface area contributed by atoms with E-state index in [4.69, 9.17) is 7.71 Å². The molecule has 0 fully saturated rings. The molecule has 0 unspecified atom stereocenters. The van der Waals surface area contributed by atoms with Crippen LogP contribution in [0.2, 0.25) is 0 Å². The summed E-state index contributed by atoms with van der Waals surface area (Å²) in [4.78, 5) is 6.43. The van der Waals surface area contributed by atoms with Gasteiger partial charge in [0.2, 0.25) is 0 Å². The number of hydrogen-bond acceptors (Lipinski definition) is 7. The van der Waals surface area contributed by atoms with Gasteiger partial charge in [-0.15, -0.1) is 23.5 Å². The number of rotatable bonds is 4. The number of aromatic hydroxyl groups is 2. The first kappa shape index (κ1) is 39.8. The maximum Gasteiger partial charge on any atom is 0.122 e. The van der Waals surface area contributed by atoms with Crippen molar-refractivity contribution >= 4 is 62.1 Å². The summed E-state index contributed by atoms with van der Waals surface area (Å²) in [6, 6.07) is 11.5. The third kappa shape index (κ3) is 14.4. The van der Waals surface area contributed by atoms with Crippen LogP contribution in [0, 0.1) is 41.5 Å². The van der Waals surface area contributed by atoms with Gasteiger partial charge in [0.25, 0.3) is 0 Å². The van der Waals surface area contributed by atoms with Crippen LogP contribution in [-0.4, -0.2) is 50.5 Å². The minimum atomic E-state index is 0. The maximum atomic E-state index is 9.31. The van der Waals surface area contributed by atoms with Gasteiger partial charge in [-0.05, 0) is 136 Å². The molecule has 0 aliphatic carbocycles. The number of aryl methyl sites for hydroxylation is 6. The highest BCUT2D eigenvalue weighted by molar-refractivity contribution is 7.98. The molecule has 0 amide bonds. The van der Waals surface area contributed by atoms with Gasteiger partial charge in [0.15, 0.2) is 0 Å². The minimum Gasteiger partial charge on any atom is -0.508 e. The third-order valence-corrected chi connectivity index (χ3v) is 7.16. The fourth-order valence-electron chi connectivity index (χ4n) is 3.15. The number of methoxy groups -OCH3 is 1. The second-order valence-electron chi connectivity index (χ2n) is 8.03. The van der Waals surface area contributed by atoms with Gasteiger partial charge in [-0.25, -0.2) is 0 Å². The van der Waals surface area contributed by atoms with Gasteiger partial charge >= 0.3 is 0 Å². The fraction of sp³-hybridized carbons (Fsp3) is 0.387. The van der Waals surface area contributed by atoms with Crippen molar-refractivity contribution in [1.82, 2.24) is 0 Å². The van der Waals surface area contributed by atoms with Crippen LogP contribution in [0.15, 0.2) is 51.2 Å². The number of benzene rings is 3. The lowest BCUT2D eigenvalue weighted by molar-refractivity contribution is 0.411. The number of phenols is 2. The SMILES string of the molecule is C.CC.COc1cc(C)c(SC)cc1C.CSc1cc(C)c(O)cc1C.Cc1cc(N=C=S)c(C)cc1O.[2H][2H].[B][B]. The Morgan fingerprint density at radius 1 is 0.750 bits per heavy atom. The smallest absolute Gasteiger partial charge is 0.122 e. The highest BCUT2D eigenvalue weighted by Gasteiger charge is 2.03. The summed E-state index contributed by atoms with van der Waals surface area (Å²) in [7, 11) is 9.71. The Hall–Kier alpha value is -2.31. The van der Waals surface area contributed by atoms with Gasteiger partial charge in [0.1, 0.15) is 17.2 Å². The Labute approximate surface area is 263 Å². The largest absolute Gasteiger partial charge is 0.508 e. The summed E-state index contributed by atoms with van der Waals surface area (Å²) in [5.41, 5.74) is 7.03. The Balaban J connectivity index is -0.000000234. The molecule has 0 bridgehead atoms. The standard InChI is InChI=1S/C10H14OS.C9H9NOS.C9H12OS.C2H6.CH4.B2.H2/c1-7-6-10(12-4)8(2)5-9(7)11-3;1-6-4-9(11)7(2)3-8(6)10-5-12;1-6-5-9(11-3)7(2)4-8(6)10;1-2;;1-2;/h5-6H,1-4H3;3-4,11H,1-2H3;4-5,10H,1-3H3;1-2H3;1H4;;1H/i;;;;;;1+1D. The molecule has 9 heteroatoms. The van der Waals surface area contributed by atoms with Crippen LogP contribution in [0.3, 0.4) is 0 Å². The number of thioether (sulfide) groups is 2. The van der Waals surface area contributed by atoms with Crippen LogP contribution in [0.4, 0.5) is 5.69 Å². The van der Waals surface area contributed by atoms with Crippen molar-refractivity contribution in [2.75, 3.05) is 19.6 Å².